The SMILES string of the molecule is CCCC(CN=C(NCC)N1CCN(CC(=O)NC(C)C)CC1)NC(=O)OC(C)(C)C. The number of piperazine rings is 1. The molecule has 0 aromatic heterocycles. The first kappa shape index (κ1) is 27.0. The van der Waals surface area contributed by atoms with Crippen LogP contribution in [-0.4, -0.2) is 91.3 Å². The van der Waals surface area contributed by atoms with Crippen molar-refractivity contribution in [3.8, 4) is 0 Å². The zero-order chi connectivity index (χ0) is 23.4. The van der Waals surface area contributed by atoms with Gasteiger partial charge in [-0.15, -0.1) is 0 Å². The molecule has 1 fully saturated rings. The molecule has 0 spiro atoms. The van der Waals surface area contributed by atoms with Gasteiger partial charge in [0.1, 0.15) is 5.60 Å². The molecular weight excluding hydrogens is 396 g/mol. The third-order valence-corrected chi connectivity index (χ3v) is 4.64. The van der Waals surface area contributed by atoms with E-state index in [1.165, 1.54) is 0 Å². The van der Waals surface area contributed by atoms with E-state index in [1.54, 1.807) is 0 Å². The Morgan fingerprint density at radius 2 is 1.71 bits per heavy atom. The van der Waals surface area contributed by atoms with Crippen molar-refractivity contribution in [1.29, 1.82) is 0 Å². The summed E-state index contributed by atoms with van der Waals surface area (Å²) in [7, 11) is 0. The summed E-state index contributed by atoms with van der Waals surface area (Å²) < 4.78 is 5.39. The molecule has 9 nitrogen and oxygen atoms in total. The zero-order valence-electron chi connectivity index (χ0n) is 20.6. The molecule has 0 saturated carbocycles. The summed E-state index contributed by atoms with van der Waals surface area (Å²) in [5.74, 6) is 0.917. The Morgan fingerprint density at radius 3 is 2.23 bits per heavy atom. The summed E-state index contributed by atoms with van der Waals surface area (Å²) in [5, 5.41) is 9.25. The molecule has 9 heteroatoms. The van der Waals surface area contributed by atoms with Crippen LogP contribution in [0.25, 0.3) is 0 Å². The fourth-order valence-electron chi connectivity index (χ4n) is 3.34. The Bertz CT molecular complexity index is 580. The van der Waals surface area contributed by atoms with Crippen molar-refractivity contribution < 1.29 is 14.3 Å². The highest BCUT2D eigenvalue weighted by molar-refractivity contribution is 5.80. The van der Waals surface area contributed by atoms with Gasteiger partial charge in [-0.05, 0) is 48.0 Å². The Morgan fingerprint density at radius 1 is 1.06 bits per heavy atom. The number of ether oxygens (including phenoxy) is 1. The van der Waals surface area contributed by atoms with Crippen LogP contribution in [-0.2, 0) is 9.53 Å². The van der Waals surface area contributed by atoms with Crippen molar-refractivity contribution in [2.45, 2.75) is 79.0 Å². The molecule has 1 saturated heterocycles. The number of rotatable bonds is 9. The van der Waals surface area contributed by atoms with Gasteiger partial charge in [0.25, 0.3) is 0 Å². The molecule has 1 atom stereocenters. The molecule has 1 rings (SSSR count). The van der Waals surface area contributed by atoms with Crippen LogP contribution in [0.1, 0.15) is 61.3 Å². The van der Waals surface area contributed by atoms with Gasteiger partial charge >= 0.3 is 6.09 Å². The molecule has 0 aromatic rings. The van der Waals surface area contributed by atoms with Gasteiger partial charge in [-0.3, -0.25) is 14.7 Å². The van der Waals surface area contributed by atoms with Crippen molar-refractivity contribution in [2.75, 3.05) is 45.8 Å². The predicted octanol–water partition coefficient (Wildman–Crippen LogP) is 1.79. The molecule has 2 amide bonds. The fourth-order valence-corrected chi connectivity index (χ4v) is 3.34. The van der Waals surface area contributed by atoms with E-state index in [1.807, 2.05) is 41.5 Å². The second-order valence-electron chi connectivity index (χ2n) is 9.31. The van der Waals surface area contributed by atoms with Crippen LogP contribution in [0.4, 0.5) is 4.79 Å². The lowest BCUT2D eigenvalue weighted by molar-refractivity contribution is -0.123. The van der Waals surface area contributed by atoms with Crippen molar-refractivity contribution in [2.24, 2.45) is 4.99 Å². The van der Waals surface area contributed by atoms with Crippen molar-refractivity contribution in [1.82, 2.24) is 25.8 Å². The highest BCUT2D eigenvalue weighted by Gasteiger charge is 2.23. The molecule has 0 radical (unpaired) electrons. The molecular formula is C22H44N6O3. The minimum absolute atomic E-state index is 0.0691. The van der Waals surface area contributed by atoms with E-state index < -0.39 is 11.7 Å². The second kappa shape index (κ2) is 13.4. The average Bonchev–Trinajstić information content (AvgIpc) is 2.63. The van der Waals surface area contributed by atoms with E-state index in [-0.39, 0.29) is 18.0 Å². The molecule has 1 aliphatic rings. The Balaban J connectivity index is 2.64. The van der Waals surface area contributed by atoms with Crippen LogP contribution in [0.3, 0.4) is 0 Å². The number of carbonyl (C=O) groups excluding carboxylic acids is 2. The van der Waals surface area contributed by atoms with Crippen LogP contribution in [0, 0.1) is 0 Å². The van der Waals surface area contributed by atoms with Gasteiger partial charge in [0.15, 0.2) is 5.96 Å². The smallest absolute Gasteiger partial charge is 0.407 e. The number of guanidine groups is 1. The first-order valence-electron chi connectivity index (χ1n) is 11.6. The Hall–Kier alpha value is -2.03. The summed E-state index contributed by atoms with van der Waals surface area (Å²) in [6, 6.07) is 0.0844. The molecule has 0 aliphatic carbocycles. The summed E-state index contributed by atoms with van der Waals surface area (Å²) in [6.45, 7) is 18.6. The number of alkyl carbamates (subject to hydrolysis) is 1. The van der Waals surface area contributed by atoms with Gasteiger partial charge in [-0.1, -0.05) is 13.3 Å². The van der Waals surface area contributed by atoms with E-state index in [0.717, 1.165) is 51.5 Å². The number of nitrogens with zero attached hydrogens (tertiary/aromatic N) is 3. The topological polar surface area (TPSA) is 98.3 Å². The van der Waals surface area contributed by atoms with E-state index in [2.05, 4.69) is 32.7 Å². The lowest BCUT2D eigenvalue weighted by Crippen LogP contribution is -2.54. The second-order valence-corrected chi connectivity index (χ2v) is 9.31. The number of hydrogen-bond donors (Lipinski definition) is 3. The fraction of sp³-hybridized carbons (Fsp3) is 0.864. The lowest BCUT2D eigenvalue weighted by Gasteiger charge is -2.36. The summed E-state index contributed by atoms with van der Waals surface area (Å²) in [4.78, 5) is 33.3. The Kier molecular flexibility index (Phi) is 11.7. The summed E-state index contributed by atoms with van der Waals surface area (Å²) in [6.07, 6.45) is 1.38. The molecule has 31 heavy (non-hydrogen) atoms. The maximum atomic E-state index is 12.2. The number of nitrogens with one attached hydrogen (secondary N) is 3. The lowest BCUT2D eigenvalue weighted by atomic mass is 10.1. The summed E-state index contributed by atoms with van der Waals surface area (Å²) >= 11 is 0. The normalized spacial score (nSPS) is 16.8. The molecule has 1 heterocycles. The molecule has 0 aromatic carbocycles. The first-order chi connectivity index (χ1) is 14.5. The number of amides is 2. The Labute approximate surface area is 188 Å². The van der Waals surface area contributed by atoms with Crippen molar-refractivity contribution in [3.05, 3.63) is 0 Å². The monoisotopic (exact) mass is 440 g/mol. The van der Waals surface area contributed by atoms with E-state index in [9.17, 15) is 9.59 Å². The van der Waals surface area contributed by atoms with Crippen LogP contribution < -0.4 is 16.0 Å². The molecule has 1 aliphatic heterocycles. The quantitative estimate of drug-likeness (QED) is 0.374. The maximum Gasteiger partial charge on any atom is 0.407 e. The first-order valence-corrected chi connectivity index (χ1v) is 11.6. The van der Waals surface area contributed by atoms with Crippen molar-refractivity contribution >= 4 is 18.0 Å². The summed E-state index contributed by atoms with van der Waals surface area (Å²) in [5.41, 5.74) is -0.523. The number of aliphatic imine (C=N–C) groups is 1. The molecule has 1 unspecified atom stereocenters. The number of carbonyl (C=O) groups is 2. The standard InChI is InChI=1S/C22H44N6O3/c1-8-10-18(26-21(30)31-22(5,6)7)15-24-20(23-9-2)28-13-11-27(12-14-28)16-19(29)25-17(3)4/h17-18H,8-16H2,1-7H3,(H,23,24)(H,25,29)(H,26,30). The van der Waals surface area contributed by atoms with Crippen LogP contribution in [0.5, 0.6) is 0 Å². The zero-order valence-corrected chi connectivity index (χ0v) is 20.6. The predicted molar refractivity (Wildman–Crippen MR) is 125 cm³/mol. The van der Waals surface area contributed by atoms with Crippen LogP contribution in [0.15, 0.2) is 4.99 Å². The van der Waals surface area contributed by atoms with E-state index >= 15 is 0 Å². The van der Waals surface area contributed by atoms with Gasteiger partial charge in [0.05, 0.1) is 19.1 Å². The van der Waals surface area contributed by atoms with Gasteiger partial charge < -0.3 is 25.6 Å². The van der Waals surface area contributed by atoms with E-state index in [4.69, 9.17) is 9.73 Å². The molecule has 3 N–H and O–H groups in total. The third-order valence-electron chi connectivity index (χ3n) is 4.64. The highest BCUT2D eigenvalue weighted by Crippen LogP contribution is 2.08. The van der Waals surface area contributed by atoms with Crippen LogP contribution >= 0.6 is 0 Å². The van der Waals surface area contributed by atoms with Gasteiger partial charge in [0.2, 0.25) is 5.91 Å². The van der Waals surface area contributed by atoms with E-state index in [0.29, 0.717) is 13.1 Å². The van der Waals surface area contributed by atoms with Crippen molar-refractivity contribution in [3.63, 3.8) is 0 Å². The van der Waals surface area contributed by atoms with Gasteiger partial charge in [-0.25, -0.2) is 4.79 Å². The average molecular weight is 441 g/mol. The molecule has 0 bridgehead atoms. The minimum Gasteiger partial charge on any atom is -0.444 e. The highest BCUT2D eigenvalue weighted by atomic mass is 16.6. The largest absolute Gasteiger partial charge is 0.444 e. The third kappa shape index (κ3) is 11.8. The number of hydrogen-bond acceptors (Lipinski definition) is 5. The van der Waals surface area contributed by atoms with Crippen LogP contribution in [0.2, 0.25) is 0 Å². The molecule has 180 valence electrons. The van der Waals surface area contributed by atoms with Gasteiger partial charge in [-0.2, -0.15) is 0 Å². The minimum atomic E-state index is -0.523. The van der Waals surface area contributed by atoms with Gasteiger partial charge in [0, 0.05) is 38.8 Å². The maximum absolute atomic E-state index is 12.2.